The molecule has 0 aromatic rings. The zero-order valence-corrected chi connectivity index (χ0v) is 16.1. The molecule has 0 spiro atoms. The number of nitrogens with zero attached hydrogens (tertiary/aromatic N) is 2. The molecular weight excluding hydrogens is 332 g/mol. The molecule has 1 amide bonds. The van der Waals surface area contributed by atoms with Crippen LogP contribution in [0.15, 0.2) is 12.3 Å². The Morgan fingerprint density at radius 2 is 2.04 bits per heavy atom. The number of piperidine rings is 1. The zero-order chi connectivity index (χ0) is 18.5. The molecule has 3 rings (SSSR count). The Morgan fingerprint density at radius 1 is 1.27 bits per heavy atom. The maximum atomic E-state index is 12.3. The van der Waals surface area contributed by atoms with E-state index in [0.717, 1.165) is 32.2 Å². The van der Waals surface area contributed by atoms with Gasteiger partial charge in [0.05, 0.1) is 18.8 Å². The molecule has 3 atom stereocenters. The van der Waals surface area contributed by atoms with Gasteiger partial charge in [0, 0.05) is 39.0 Å². The number of nitrogens with one attached hydrogen (secondary N) is 1. The van der Waals surface area contributed by atoms with Gasteiger partial charge in [0.25, 0.3) is 0 Å². The fourth-order valence-corrected chi connectivity index (χ4v) is 4.47. The average Bonchev–Trinajstić information content (AvgIpc) is 3.07. The zero-order valence-electron chi connectivity index (χ0n) is 16.1. The Labute approximate surface area is 156 Å². The second-order valence-electron chi connectivity index (χ2n) is 7.87. The van der Waals surface area contributed by atoms with Crippen molar-refractivity contribution in [1.82, 2.24) is 15.3 Å². The summed E-state index contributed by atoms with van der Waals surface area (Å²) in [6.45, 7) is 1.41. The van der Waals surface area contributed by atoms with Crippen LogP contribution in [-0.2, 0) is 14.3 Å². The van der Waals surface area contributed by atoms with Crippen molar-refractivity contribution >= 4 is 5.91 Å². The van der Waals surface area contributed by atoms with E-state index in [0.29, 0.717) is 18.6 Å². The molecule has 1 saturated carbocycles. The Bertz CT molecular complexity index is 493. The summed E-state index contributed by atoms with van der Waals surface area (Å²) in [7, 11) is 3.59. The summed E-state index contributed by atoms with van der Waals surface area (Å²) >= 11 is 0. The molecule has 0 radical (unpaired) electrons. The van der Waals surface area contributed by atoms with E-state index in [1.165, 1.54) is 12.8 Å². The first kappa shape index (κ1) is 19.6. The SMILES string of the molecule is COCC(=O)N1CCCC(N)C1COC1CCC(C2C=CN(C)N2)CC1. The van der Waals surface area contributed by atoms with Crippen molar-refractivity contribution < 1.29 is 14.3 Å². The van der Waals surface area contributed by atoms with E-state index >= 15 is 0 Å². The van der Waals surface area contributed by atoms with Crippen LogP contribution >= 0.6 is 0 Å². The summed E-state index contributed by atoms with van der Waals surface area (Å²) in [5.74, 6) is 0.691. The van der Waals surface area contributed by atoms with E-state index in [-0.39, 0.29) is 30.7 Å². The molecule has 3 aliphatic rings. The smallest absolute Gasteiger partial charge is 0.248 e. The van der Waals surface area contributed by atoms with Gasteiger partial charge in [0.1, 0.15) is 6.61 Å². The molecule has 2 heterocycles. The summed E-state index contributed by atoms with van der Waals surface area (Å²) < 4.78 is 11.2. The first-order valence-electron chi connectivity index (χ1n) is 9.91. The largest absolute Gasteiger partial charge is 0.376 e. The minimum atomic E-state index is -0.0304. The van der Waals surface area contributed by atoms with Gasteiger partial charge in [-0.2, -0.15) is 0 Å². The number of hydrazine groups is 1. The van der Waals surface area contributed by atoms with Crippen molar-refractivity contribution in [2.45, 2.75) is 62.8 Å². The van der Waals surface area contributed by atoms with E-state index in [1.807, 2.05) is 17.0 Å². The highest BCUT2D eigenvalue weighted by atomic mass is 16.5. The lowest BCUT2D eigenvalue weighted by Crippen LogP contribution is -2.57. The van der Waals surface area contributed by atoms with E-state index < -0.39 is 0 Å². The Kier molecular flexibility index (Phi) is 6.92. The molecule has 0 aromatic carbocycles. The molecule has 26 heavy (non-hydrogen) atoms. The summed E-state index contributed by atoms with van der Waals surface area (Å²) in [4.78, 5) is 14.2. The summed E-state index contributed by atoms with van der Waals surface area (Å²) in [5, 5.41) is 2.03. The lowest BCUT2D eigenvalue weighted by atomic mass is 9.83. The molecule has 2 fully saturated rings. The molecule has 0 aromatic heterocycles. The maximum Gasteiger partial charge on any atom is 0.248 e. The van der Waals surface area contributed by atoms with Crippen LogP contribution in [0.25, 0.3) is 0 Å². The number of methoxy groups -OCH3 is 1. The fraction of sp³-hybridized carbons (Fsp3) is 0.842. The second kappa shape index (κ2) is 9.17. The third-order valence-electron chi connectivity index (χ3n) is 6.02. The van der Waals surface area contributed by atoms with Crippen LogP contribution in [0.3, 0.4) is 0 Å². The van der Waals surface area contributed by atoms with E-state index in [1.54, 1.807) is 7.11 Å². The van der Waals surface area contributed by atoms with Crippen LogP contribution in [0.1, 0.15) is 38.5 Å². The predicted molar refractivity (Wildman–Crippen MR) is 100 cm³/mol. The summed E-state index contributed by atoms with van der Waals surface area (Å²) in [6.07, 6.45) is 11.0. The van der Waals surface area contributed by atoms with Gasteiger partial charge < -0.3 is 25.1 Å². The summed E-state index contributed by atoms with van der Waals surface area (Å²) in [5.41, 5.74) is 9.77. The number of ether oxygens (including phenoxy) is 2. The first-order valence-corrected chi connectivity index (χ1v) is 9.91. The highest BCUT2D eigenvalue weighted by Crippen LogP contribution is 2.31. The van der Waals surface area contributed by atoms with Gasteiger partial charge in [-0.05, 0) is 50.5 Å². The molecule has 3 unspecified atom stereocenters. The van der Waals surface area contributed by atoms with Gasteiger partial charge in [-0.15, -0.1) is 0 Å². The molecular formula is C19H34N4O3. The van der Waals surface area contributed by atoms with Crippen molar-refractivity contribution in [2.75, 3.05) is 33.9 Å². The third-order valence-corrected chi connectivity index (χ3v) is 6.02. The third kappa shape index (κ3) is 4.76. The van der Waals surface area contributed by atoms with Crippen molar-refractivity contribution in [3.8, 4) is 0 Å². The van der Waals surface area contributed by atoms with Crippen molar-refractivity contribution in [3.63, 3.8) is 0 Å². The van der Waals surface area contributed by atoms with Crippen LogP contribution in [0, 0.1) is 5.92 Å². The average molecular weight is 367 g/mol. The number of carbonyl (C=O) groups is 1. The van der Waals surface area contributed by atoms with E-state index in [9.17, 15) is 4.79 Å². The lowest BCUT2D eigenvalue weighted by Gasteiger charge is -2.40. The topological polar surface area (TPSA) is 80.1 Å². The van der Waals surface area contributed by atoms with E-state index in [2.05, 4.69) is 17.7 Å². The monoisotopic (exact) mass is 366 g/mol. The molecule has 7 heteroatoms. The Hall–Kier alpha value is -1.15. The first-order chi connectivity index (χ1) is 12.6. The maximum absolute atomic E-state index is 12.3. The number of rotatable bonds is 6. The van der Waals surface area contributed by atoms with Crippen molar-refractivity contribution in [3.05, 3.63) is 12.3 Å². The second-order valence-corrected chi connectivity index (χ2v) is 7.87. The van der Waals surface area contributed by atoms with Gasteiger partial charge >= 0.3 is 0 Å². The van der Waals surface area contributed by atoms with Gasteiger partial charge in [0.15, 0.2) is 0 Å². The van der Waals surface area contributed by atoms with Crippen molar-refractivity contribution in [1.29, 1.82) is 0 Å². The van der Waals surface area contributed by atoms with Gasteiger partial charge in [-0.25, -0.2) is 5.43 Å². The number of hydrogen-bond donors (Lipinski definition) is 2. The highest BCUT2D eigenvalue weighted by Gasteiger charge is 2.34. The van der Waals surface area contributed by atoms with Crippen molar-refractivity contribution in [2.24, 2.45) is 11.7 Å². The minimum absolute atomic E-state index is 0.00995. The fourth-order valence-electron chi connectivity index (χ4n) is 4.47. The molecule has 7 nitrogen and oxygen atoms in total. The lowest BCUT2D eigenvalue weighted by molar-refractivity contribution is -0.142. The molecule has 3 N–H and O–H groups in total. The van der Waals surface area contributed by atoms with Gasteiger partial charge in [0.2, 0.25) is 5.91 Å². The Balaban J connectivity index is 1.45. The van der Waals surface area contributed by atoms with Crippen LogP contribution in [-0.4, -0.2) is 74.0 Å². The number of nitrogens with two attached hydrogens (primary N) is 1. The molecule has 1 aliphatic carbocycles. The van der Waals surface area contributed by atoms with Gasteiger partial charge in [-0.1, -0.05) is 0 Å². The predicted octanol–water partition coefficient (Wildman–Crippen LogP) is 0.859. The van der Waals surface area contributed by atoms with Crippen LogP contribution in [0.2, 0.25) is 0 Å². The normalized spacial score (nSPS) is 35.1. The minimum Gasteiger partial charge on any atom is -0.376 e. The number of amides is 1. The molecule has 0 bridgehead atoms. The standard InChI is InChI=1S/C19H34N4O3/c1-22-11-9-17(21-22)14-5-7-15(8-6-14)26-12-18-16(20)4-3-10-23(18)19(24)13-25-2/h9,11,14-18,21H,3-8,10,12-13,20H2,1-2H3. The molecule has 1 saturated heterocycles. The molecule has 148 valence electrons. The summed E-state index contributed by atoms with van der Waals surface area (Å²) in [6, 6.07) is 0.413. The number of carbonyl (C=O) groups excluding carboxylic acids is 1. The van der Waals surface area contributed by atoms with Crippen LogP contribution in [0.5, 0.6) is 0 Å². The van der Waals surface area contributed by atoms with Crippen LogP contribution in [0.4, 0.5) is 0 Å². The quantitative estimate of drug-likeness (QED) is 0.726. The Morgan fingerprint density at radius 3 is 2.69 bits per heavy atom. The highest BCUT2D eigenvalue weighted by molar-refractivity contribution is 5.78. The number of hydrogen-bond acceptors (Lipinski definition) is 6. The molecule has 2 aliphatic heterocycles. The number of likely N-dealkylation sites (tertiary alicyclic amines) is 1. The van der Waals surface area contributed by atoms with Crippen LogP contribution < -0.4 is 11.2 Å². The van der Waals surface area contributed by atoms with Gasteiger partial charge in [-0.3, -0.25) is 4.79 Å². The van der Waals surface area contributed by atoms with E-state index in [4.69, 9.17) is 15.2 Å².